The van der Waals surface area contributed by atoms with Crippen molar-refractivity contribution in [3.8, 4) is 11.6 Å². The van der Waals surface area contributed by atoms with Crippen LogP contribution in [-0.2, 0) is 25.3 Å². The highest BCUT2D eigenvalue weighted by atomic mass is 16.5. The van der Waals surface area contributed by atoms with E-state index in [2.05, 4.69) is 5.10 Å². The van der Waals surface area contributed by atoms with Crippen molar-refractivity contribution in [3.05, 3.63) is 50.7 Å². The van der Waals surface area contributed by atoms with E-state index in [0.29, 0.717) is 5.56 Å². The Labute approximate surface area is 118 Å². The van der Waals surface area contributed by atoms with E-state index in [1.165, 1.54) is 20.2 Å². The summed E-state index contributed by atoms with van der Waals surface area (Å²) in [7, 11) is 2.72. The predicted molar refractivity (Wildman–Crippen MR) is 72.6 cm³/mol. The van der Waals surface area contributed by atoms with Gasteiger partial charge in [0, 0.05) is 14.1 Å². The van der Waals surface area contributed by atoms with Gasteiger partial charge in [0.15, 0.2) is 0 Å². The van der Waals surface area contributed by atoms with E-state index in [9.17, 15) is 14.4 Å². The molecule has 0 fully saturated rings. The van der Waals surface area contributed by atoms with Gasteiger partial charge in [-0.15, -0.1) is 5.10 Å². The van der Waals surface area contributed by atoms with Crippen LogP contribution < -0.4 is 16.0 Å². The minimum Gasteiger partial charge on any atom is -0.481 e. The highest BCUT2D eigenvalue weighted by Gasteiger charge is 2.11. The number of benzene rings is 1. The molecule has 0 saturated heterocycles. The molecule has 0 radical (unpaired) electrons. The van der Waals surface area contributed by atoms with Crippen molar-refractivity contribution in [1.82, 2.24) is 14.3 Å². The van der Waals surface area contributed by atoms with Crippen LogP contribution in [0.5, 0.6) is 11.6 Å². The van der Waals surface area contributed by atoms with Gasteiger partial charge in [-0.25, -0.2) is 9.48 Å². The Morgan fingerprint density at radius 1 is 1.33 bits per heavy atom. The molecule has 0 aliphatic carbocycles. The van der Waals surface area contributed by atoms with Gasteiger partial charge in [-0.3, -0.25) is 14.2 Å². The number of nitrogens with zero attached hydrogens (tertiary/aromatic N) is 3. The minimum absolute atomic E-state index is 0.157. The lowest BCUT2D eigenvalue weighted by atomic mass is 10.1. The molecule has 0 atom stereocenters. The molecule has 8 nitrogen and oxygen atoms in total. The fraction of sp³-hybridized carbons (Fsp3) is 0.231. The van der Waals surface area contributed by atoms with Gasteiger partial charge in [-0.05, 0) is 17.7 Å². The van der Waals surface area contributed by atoms with Crippen LogP contribution >= 0.6 is 0 Å². The second kappa shape index (κ2) is 5.61. The lowest BCUT2D eigenvalue weighted by Gasteiger charge is -2.08. The smallest absolute Gasteiger partial charge is 0.347 e. The highest BCUT2D eigenvalue weighted by molar-refractivity contribution is 5.70. The predicted octanol–water partition coefficient (Wildman–Crippen LogP) is -0.102. The number of carboxylic acids is 1. The third-order valence-electron chi connectivity index (χ3n) is 2.76. The summed E-state index contributed by atoms with van der Waals surface area (Å²) in [6.45, 7) is 0. The molecule has 0 amide bonds. The summed E-state index contributed by atoms with van der Waals surface area (Å²) >= 11 is 0. The second-order valence-corrected chi connectivity index (χ2v) is 4.40. The first-order valence-electron chi connectivity index (χ1n) is 6.01. The Bertz CT molecular complexity index is 806. The Balaban J connectivity index is 2.37. The summed E-state index contributed by atoms with van der Waals surface area (Å²) in [5, 5.41) is 12.5. The summed E-state index contributed by atoms with van der Waals surface area (Å²) in [4.78, 5) is 34.1. The topological polar surface area (TPSA) is 103 Å². The molecule has 0 unspecified atom stereocenters. The van der Waals surface area contributed by atoms with E-state index in [4.69, 9.17) is 9.84 Å². The van der Waals surface area contributed by atoms with Gasteiger partial charge in [0.1, 0.15) is 5.75 Å². The molecule has 8 heteroatoms. The third kappa shape index (κ3) is 3.16. The molecule has 110 valence electrons. The molecular weight excluding hydrogens is 278 g/mol. The monoisotopic (exact) mass is 291 g/mol. The van der Waals surface area contributed by atoms with E-state index >= 15 is 0 Å². The van der Waals surface area contributed by atoms with Gasteiger partial charge < -0.3 is 9.84 Å². The maximum atomic E-state index is 11.9. The number of carboxylic acid groups (broad SMARTS) is 1. The molecule has 21 heavy (non-hydrogen) atoms. The van der Waals surface area contributed by atoms with Crippen LogP contribution in [-0.4, -0.2) is 25.4 Å². The van der Waals surface area contributed by atoms with Crippen LogP contribution in [0.25, 0.3) is 0 Å². The van der Waals surface area contributed by atoms with E-state index < -0.39 is 17.2 Å². The summed E-state index contributed by atoms with van der Waals surface area (Å²) < 4.78 is 7.21. The quantitative estimate of drug-likeness (QED) is 0.843. The van der Waals surface area contributed by atoms with Crippen molar-refractivity contribution in [2.45, 2.75) is 6.42 Å². The number of aromatic nitrogens is 3. The van der Waals surface area contributed by atoms with Crippen LogP contribution in [0.15, 0.2) is 33.9 Å². The number of aryl methyl sites for hydroxylation is 1. The van der Waals surface area contributed by atoms with E-state index in [-0.39, 0.29) is 18.1 Å². The SMILES string of the molecule is Cn1nc(Oc2cccc(CC(=O)O)c2)c(=O)n(C)c1=O. The maximum absolute atomic E-state index is 11.9. The molecule has 1 heterocycles. The molecule has 1 aromatic carbocycles. The zero-order valence-corrected chi connectivity index (χ0v) is 11.4. The highest BCUT2D eigenvalue weighted by Crippen LogP contribution is 2.18. The molecule has 2 rings (SSSR count). The molecule has 0 spiro atoms. The molecule has 1 aromatic heterocycles. The van der Waals surface area contributed by atoms with Crippen LogP contribution in [0.1, 0.15) is 5.56 Å². The maximum Gasteiger partial charge on any atom is 0.347 e. The zero-order chi connectivity index (χ0) is 15.6. The number of hydrogen-bond donors (Lipinski definition) is 1. The minimum atomic E-state index is -0.969. The molecule has 2 aromatic rings. The van der Waals surface area contributed by atoms with E-state index in [1.807, 2.05) is 0 Å². The number of rotatable bonds is 4. The number of aliphatic carboxylic acids is 1. The Morgan fingerprint density at radius 2 is 2.05 bits per heavy atom. The summed E-state index contributed by atoms with van der Waals surface area (Å²) in [6, 6.07) is 6.31. The van der Waals surface area contributed by atoms with Crippen LogP contribution in [0.2, 0.25) is 0 Å². The molecule has 0 aliphatic rings. The third-order valence-corrected chi connectivity index (χ3v) is 2.76. The summed E-state index contributed by atoms with van der Waals surface area (Å²) in [5.41, 5.74) is -0.699. The van der Waals surface area contributed by atoms with Crippen molar-refractivity contribution in [3.63, 3.8) is 0 Å². The first-order chi connectivity index (χ1) is 9.88. The van der Waals surface area contributed by atoms with Crippen molar-refractivity contribution < 1.29 is 14.6 Å². The van der Waals surface area contributed by atoms with Gasteiger partial charge in [0.05, 0.1) is 6.42 Å². The molecule has 0 saturated carbocycles. The van der Waals surface area contributed by atoms with Gasteiger partial charge in [-0.1, -0.05) is 12.1 Å². The van der Waals surface area contributed by atoms with Gasteiger partial charge in [0.25, 0.3) is 0 Å². The Morgan fingerprint density at radius 3 is 2.71 bits per heavy atom. The van der Waals surface area contributed by atoms with Crippen molar-refractivity contribution in [2.24, 2.45) is 14.1 Å². The first-order valence-corrected chi connectivity index (χ1v) is 6.01. The van der Waals surface area contributed by atoms with Gasteiger partial charge in [-0.2, -0.15) is 0 Å². The van der Waals surface area contributed by atoms with E-state index in [0.717, 1.165) is 9.25 Å². The summed E-state index contributed by atoms with van der Waals surface area (Å²) in [6.07, 6.45) is -0.157. The number of ether oxygens (including phenoxy) is 1. The van der Waals surface area contributed by atoms with Crippen LogP contribution in [0.4, 0.5) is 0 Å². The standard InChI is InChI=1S/C13H13N3O5/c1-15-12(19)11(14-16(2)13(15)20)21-9-5-3-4-8(6-9)7-10(17)18/h3-6H,7H2,1-2H3,(H,17,18). The molecule has 1 N–H and O–H groups in total. The second-order valence-electron chi connectivity index (χ2n) is 4.40. The summed E-state index contributed by atoms with van der Waals surface area (Å²) in [5.74, 6) is -0.952. The largest absolute Gasteiger partial charge is 0.481 e. The lowest BCUT2D eigenvalue weighted by molar-refractivity contribution is -0.136. The number of hydrogen-bond acceptors (Lipinski definition) is 5. The molecule has 0 aliphatic heterocycles. The van der Waals surface area contributed by atoms with Gasteiger partial charge >= 0.3 is 23.1 Å². The fourth-order valence-electron chi connectivity index (χ4n) is 1.74. The molecular formula is C13H13N3O5. The first kappa shape index (κ1) is 14.5. The van der Waals surface area contributed by atoms with Crippen LogP contribution in [0, 0.1) is 0 Å². The normalized spacial score (nSPS) is 10.4. The average Bonchev–Trinajstić information content (AvgIpc) is 2.42. The van der Waals surface area contributed by atoms with E-state index in [1.54, 1.807) is 18.2 Å². The Hall–Kier alpha value is -2.90. The van der Waals surface area contributed by atoms with Gasteiger partial charge in [0.2, 0.25) is 0 Å². The van der Waals surface area contributed by atoms with Crippen molar-refractivity contribution in [1.29, 1.82) is 0 Å². The fourth-order valence-corrected chi connectivity index (χ4v) is 1.74. The Kier molecular flexibility index (Phi) is 3.88. The zero-order valence-electron chi connectivity index (χ0n) is 11.4. The van der Waals surface area contributed by atoms with Crippen molar-refractivity contribution in [2.75, 3.05) is 0 Å². The average molecular weight is 291 g/mol. The lowest BCUT2D eigenvalue weighted by Crippen LogP contribution is -2.38. The van der Waals surface area contributed by atoms with Crippen LogP contribution in [0.3, 0.4) is 0 Å². The number of carbonyl (C=O) groups is 1. The molecule has 0 bridgehead atoms. The van der Waals surface area contributed by atoms with Crippen molar-refractivity contribution >= 4 is 5.97 Å².